The van der Waals surface area contributed by atoms with Gasteiger partial charge in [-0.05, 0) is 6.92 Å². The third-order valence-electron chi connectivity index (χ3n) is 4.67. The molecule has 1 aromatic carbocycles. The highest BCUT2D eigenvalue weighted by Crippen LogP contribution is 2.25. The number of rotatable bonds is 4. The van der Waals surface area contributed by atoms with Crippen LogP contribution in [0.3, 0.4) is 0 Å². The molecule has 3 heterocycles. The van der Waals surface area contributed by atoms with E-state index < -0.39 is 11.2 Å². The molecule has 4 rings (SSSR count). The first-order valence-corrected chi connectivity index (χ1v) is 9.68. The van der Waals surface area contributed by atoms with Crippen LogP contribution in [0.5, 0.6) is 0 Å². The Balaban J connectivity index is 1.56. The van der Waals surface area contributed by atoms with E-state index in [0.29, 0.717) is 10.8 Å². The maximum Gasteiger partial charge on any atom is 0.332 e. The summed E-state index contributed by atoms with van der Waals surface area (Å²) in [6, 6.07) is 7.97. The predicted molar refractivity (Wildman–Crippen MR) is 111 cm³/mol. The maximum atomic E-state index is 12.5. The summed E-state index contributed by atoms with van der Waals surface area (Å²) in [7, 11) is 2.92. The van der Waals surface area contributed by atoms with Crippen LogP contribution in [0.25, 0.3) is 22.3 Å². The Morgan fingerprint density at radius 1 is 1.17 bits per heavy atom. The van der Waals surface area contributed by atoms with Crippen molar-refractivity contribution in [2.45, 2.75) is 13.3 Å². The molecule has 3 aromatic heterocycles. The van der Waals surface area contributed by atoms with Crippen LogP contribution in [-0.4, -0.2) is 30.2 Å². The molecule has 4 aromatic rings. The number of fused-ring (bicyclic) bond motifs is 1. The van der Waals surface area contributed by atoms with Crippen LogP contribution in [0.15, 0.2) is 39.2 Å². The van der Waals surface area contributed by atoms with E-state index in [4.69, 9.17) is 0 Å². The minimum Gasteiger partial charge on any atom is -0.302 e. The second-order valence-corrected chi connectivity index (χ2v) is 7.59. The van der Waals surface area contributed by atoms with Gasteiger partial charge in [-0.2, -0.15) is 5.10 Å². The van der Waals surface area contributed by atoms with Crippen LogP contribution in [0.1, 0.15) is 11.3 Å². The lowest BCUT2D eigenvalue weighted by Gasteiger charge is -2.03. The number of aromatic nitrogens is 5. The molecule has 0 fully saturated rings. The minimum atomic E-state index is -0.490. The quantitative estimate of drug-likeness (QED) is 0.530. The van der Waals surface area contributed by atoms with Gasteiger partial charge in [-0.25, -0.2) is 9.78 Å². The lowest BCUT2D eigenvalue weighted by Crippen LogP contribution is -2.37. The number of hydrogen-bond acceptors (Lipinski definition) is 6. The molecule has 0 aliphatic heterocycles. The van der Waals surface area contributed by atoms with Crippen molar-refractivity contribution in [3.05, 3.63) is 61.7 Å². The van der Waals surface area contributed by atoms with E-state index in [1.165, 1.54) is 30.0 Å². The van der Waals surface area contributed by atoms with Crippen molar-refractivity contribution < 1.29 is 4.79 Å². The van der Waals surface area contributed by atoms with Gasteiger partial charge < -0.3 is 5.32 Å². The van der Waals surface area contributed by atoms with Crippen molar-refractivity contribution >= 4 is 33.4 Å². The van der Waals surface area contributed by atoms with Crippen molar-refractivity contribution in [2.75, 3.05) is 5.32 Å². The number of amides is 1. The first-order chi connectivity index (χ1) is 13.8. The van der Waals surface area contributed by atoms with Crippen LogP contribution in [0.4, 0.5) is 5.13 Å². The normalized spacial score (nSPS) is 11.1. The number of nitrogens with zero attached hydrogens (tertiary/aromatic N) is 4. The van der Waals surface area contributed by atoms with Gasteiger partial charge in [0.1, 0.15) is 5.39 Å². The second kappa shape index (κ2) is 7.13. The van der Waals surface area contributed by atoms with E-state index in [2.05, 4.69) is 20.5 Å². The lowest BCUT2D eigenvalue weighted by molar-refractivity contribution is -0.115. The molecule has 0 radical (unpaired) electrons. The number of aromatic amines is 1. The van der Waals surface area contributed by atoms with Gasteiger partial charge in [0, 0.05) is 25.0 Å². The zero-order chi connectivity index (χ0) is 20.7. The topological polar surface area (TPSA) is 115 Å². The van der Waals surface area contributed by atoms with Crippen LogP contribution >= 0.6 is 11.3 Å². The fourth-order valence-corrected chi connectivity index (χ4v) is 3.78. The molecule has 1 amide bonds. The highest BCUT2D eigenvalue weighted by molar-refractivity contribution is 7.14. The van der Waals surface area contributed by atoms with Gasteiger partial charge in [-0.1, -0.05) is 29.8 Å². The Labute approximate surface area is 168 Å². The third-order valence-corrected chi connectivity index (χ3v) is 5.43. The molecule has 0 bridgehead atoms. The molecule has 0 saturated heterocycles. The Morgan fingerprint density at radius 2 is 1.90 bits per heavy atom. The van der Waals surface area contributed by atoms with Gasteiger partial charge in [-0.15, -0.1) is 11.3 Å². The van der Waals surface area contributed by atoms with Gasteiger partial charge in [0.2, 0.25) is 5.91 Å². The molecule has 9 nitrogen and oxygen atoms in total. The fourth-order valence-electron chi connectivity index (χ4n) is 3.04. The van der Waals surface area contributed by atoms with Gasteiger partial charge >= 0.3 is 5.69 Å². The van der Waals surface area contributed by atoms with E-state index in [0.717, 1.165) is 21.4 Å². The fraction of sp³-hybridized carbons (Fsp3) is 0.211. The van der Waals surface area contributed by atoms with E-state index >= 15 is 0 Å². The number of nitrogens with one attached hydrogen (secondary N) is 2. The van der Waals surface area contributed by atoms with E-state index in [1.807, 2.05) is 36.6 Å². The summed E-state index contributed by atoms with van der Waals surface area (Å²) in [6.45, 7) is 2.01. The summed E-state index contributed by atoms with van der Waals surface area (Å²) in [5.74, 6) is -0.337. The summed E-state index contributed by atoms with van der Waals surface area (Å²) in [6.07, 6.45) is -0.0939. The number of thiazole rings is 1. The Bertz CT molecular complexity index is 1340. The van der Waals surface area contributed by atoms with Crippen LogP contribution in [-0.2, 0) is 25.3 Å². The molecular formula is C19H18N6O3S. The van der Waals surface area contributed by atoms with Crippen LogP contribution in [0, 0.1) is 6.92 Å². The monoisotopic (exact) mass is 410 g/mol. The molecule has 29 heavy (non-hydrogen) atoms. The molecule has 0 aliphatic rings. The Morgan fingerprint density at radius 3 is 2.62 bits per heavy atom. The highest BCUT2D eigenvalue weighted by atomic mass is 32.1. The third kappa shape index (κ3) is 3.38. The Hall–Kier alpha value is -3.53. The van der Waals surface area contributed by atoms with E-state index in [9.17, 15) is 14.4 Å². The van der Waals surface area contributed by atoms with Crippen LogP contribution < -0.4 is 16.6 Å². The summed E-state index contributed by atoms with van der Waals surface area (Å²) in [5.41, 5.74) is 2.51. The molecular weight excluding hydrogens is 392 g/mol. The SMILES string of the molecule is Cc1ccc(-c2csc(NC(=O)Cc3[nH]nc4c3c(=O)n(C)c(=O)n4C)n2)cc1. The molecule has 0 unspecified atom stereocenters. The van der Waals surface area contributed by atoms with Gasteiger partial charge in [0.25, 0.3) is 5.56 Å². The molecule has 0 aliphatic carbocycles. The number of benzene rings is 1. The maximum absolute atomic E-state index is 12.5. The number of H-pyrrole nitrogens is 1. The number of anilines is 1. The molecule has 0 saturated carbocycles. The Kier molecular flexibility index (Phi) is 4.63. The largest absolute Gasteiger partial charge is 0.332 e. The van der Waals surface area contributed by atoms with E-state index in [1.54, 1.807) is 0 Å². The van der Waals surface area contributed by atoms with Gasteiger partial charge in [0.05, 0.1) is 17.8 Å². The second-order valence-electron chi connectivity index (χ2n) is 6.74. The molecule has 148 valence electrons. The average Bonchev–Trinajstić information content (AvgIpc) is 3.32. The van der Waals surface area contributed by atoms with Crippen molar-refractivity contribution in [2.24, 2.45) is 14.1 Å². The lowest BCUT2D eigenvalue weighted by atomic mass is 10.1. The first-order valence-electron chi connectivity index (χ1n) is 8.80. The predicted octanol–water partition coefficient (Wildman–Crippen LogP) is 1.57. The number of carbonyl (C=O) groups is 1. The number of carbonyl (C=O) groups excluding carboxylic acids is 1. The van der Waals surface area contributed by atoms with Crippen LogP contribution in [0.2, 0.25) is 0 Å². The van der Waals surface area contributed by atoms with Crippen molar-refractivity contribution in [3.63, 3.8) is 0 Å². The summed E-state index contributed by atoms with van der Waals surface area (Å²) in [4.78, 5) is 41.4. The zero-order valence-corrected chi connectivity index (χ0v) is 16.8. The minimum absolute atomic E-state index is 0.0939. The van der Waals surface area contributed by atoms with E-state index in [-0.39, 0.29) is 23.4 Å². The molecule has 2 N–H and O–H groups in total. The van der Waals surface area contributed by atoms with Crippen molar-refractivity contribution in [1.82, 2.24) is 24.3 Å². The molecule has 0 spiro atoms. The number of aryl methyl sites for hydroxylation is 2. The smallest absolute Gasteiger partial charge is 0.302 e. The zero-order valence-electron chi connectivity index (χ0n) is 16.0. The molecule has 10 heteroatoms. The van der Waals surface area contributed by atoms with Gasteiger partial charge in [-0.3, -0.25) is 23.8 Å². The van der Waals surface area contributed by atoms with Gasteiger partial charge in [0.15, 0.2) is 10.8 Å². The summed E-state index contributed by atoms with van der Waals surface area (Å²) in [5, 5.41) is 12.0. The van der Waals surface area contributed by atoms with Crippen molar-refractivity contribution in [3.8, 4) is 11.3 Å². The average molecular weight is 410 g/mol. The molecule has 0 atom stereocenters. The standard InChI is InChI=1S/C19H18N6O3S/c1-10-4-6-11(7-5-10)13-9-29-18(20-13)21-14(26)8-12-15-16(23-22-12)24(2)19(28)25(3)17(15)27/h4-7,9H,8H2,1-3H3,(H,22,23)(H,20,21,26). The first kappa shape index (κ1) is 18.8. The van der Waals surface area contributed by atoms with Crippen molar-refractivity contribution in [1.29, 1.82) is 0 Å². The highest BCUT2D eigenvalue weighted by Gasteiger charge is 2.18. The number of hydrogen-bond donors (Lipinski definition) is 2. The summed E-state index contributed by atoms with van der Waals surface area (Å²) >= 11 is 1.32. The summed E-state index contributed by atoms with van der Waals surface area (Å²) < 4.78 is 2.26.